The minimum absolute atomic E-state index is 0.116. The number of pyridine rings is 1. The van der Waals surface area contributed by atoms with E-state index >= 15 is 0 Å². The number of aromatic nitrogens is 1. The summed E-state index contributed by atoms with van der Waals surface area (Å²) < 4.78 is 23.7. The Balaban J connectivity index is 2.22. The quantitative estimate of drug-likeness (QED) is 0.880. The molecule has 0 spiro atoms. The smallest absolute Gasteiger partial charge is 0.179 e. The summed E-state index contributed by atoms with van der Waals surface area (Å²) in [6.07, 6.45) is 2.78. The monoisotopic (exact) mass is 333 g/mol. The van der Waals surface area contributed by atoms with Gasteiger partial charge in [0.15, 0.2) is 9.84 Å². The van der Waals surface area contributed by atoms with Crippen molar-refractivity contribution in [1.82, 2.24) is 9.88 Å². The third kappa shape index (κ3) is 4.53. The van der Waals surface area contributed by atoms with Crippen LogP contribution in [0, 0.1) is 6.92 Å². The van der Waals surface area contributed by atoms with Gasteiger partial charge in [-0.15, -0.1) is 0 Å². The van der Waals surface area contributed by atoms with Gasteiger partial charge in [-0.25, -0.2) is 13.4 Å². The Labute approximate surface area is 138 Å². The van der Waals surface area contributed by atoms with Crippen LogP contribution in [-0.2, 0) is 9.84 Å². The molecular weight excluding hydrogens is 310 g/mol. The van der Waals surface area contributed by atoms with Crippen molar-refractivity contribution < 1.29 is 8.42 Å². The second-order valence-corrected chi connectivity index (χ2v) is 7.88. The SMILES string of the molecule is Cc1ccc(C(CNc2ncccc2S(C)(=O)=O)N(C)C)cc1. The van der Waals surface area contributed by atoms with Crippen LogP contribution in [0.25, 0.3) is 0 Å². The topological polar surface area (TPSA) is 62.3 Å². The molecule has 1 aromatic carbocycles. The van der Waals surface area contributed by atoms with Crippen LogP contribution >= 0.6 is 0 Å². The van der Waals surface area contributed by atoms with E-state index in [2.05, 4.69) is 46.4 Å². The summed E-state index contributed by atoms with van der Waals surface area (Å²) in [6, 6.07) is 11.7. The van der Waals surface area contributed by atoms with Gasteiger partial charge in [0, 0.05) is 19.0 Å². The van der Waals surface area contributed by atoms with Gasteiger partial charge in [0.2, 0.25) is 0 Å². The highest BCUT2D eigenvalue weighted by atomic mass is 32.2. The number of hydrogen-bond acceptors (Lipinski definition) is 5. The molecule has 0 fully saturated rings. The van der Waals surface area contributed by atoms with Crippen LogP contribution in [0.5, 0.6) is 0 Å². The van der Waals surface area contributed by atoms with E-state index in [1.165, 1.54) is 17.4 Å². The number of rotatable bonds is 6. The largest absolute Gasteiger partial charge is 0.367 e. The molecule has 0 radical (unpaired) electrons. The average Bonchev–Trinajstić information content (AvgIpc) is 2.48. The van der Waals surface area contributed by atoms with Crippen molar-refractivity contribution in [1.29, 1.82) is 0 Å². The summed E-state index contributed by atoms with van der Waals surface area (Å²) in [4.78, 5) is 6.50. The summed E-state index contributed by atoms with van der Waals surface area (Å²) in [5.41, 5.74) is 2.38. The van der Waals surface area contributed by atoms with Crippen LogP contribution in [0.15, 0.2) is 47.5 Å². The lowest BCUT2D eigenvalue weighted by molar-refractivity contribution is 0.311. The van der Waals surface area contributed by atoms with Crippen molar-refractivity contribution in [3.05, 3.63) is 53.7 Å². The predicted octanol–water partition coefficient (Wildman–Crippen LogP) is 2.51. The normalized spacial score (nSPS) is 13.1. The van der Waals surface area contributed by atoms with Crippen molar-refractivity contribution in [3.8, 4) is 0 Å². The molecule has 0 aliphatic carbocycles. The Morgan fingerprint density at radius 1 is 1.17 bits per heavy atom. The number of benzene rings is 1. The standard InChI is InChI=1S/C17H23N3O2S/c1-13-7-9-14(10-8-13)15(20(2)3)12-19-17-16(23(4,21)22)6-5-11-18-17/h5-11,15H,12H2,1-4H3,(H,18,19). The Morgan fingerprint density at radius 2 is 1.83 bits per heavy atom. The first kappa shape index (κ1) is 17.4. The van der Waals surface area contributed by atoms with E-state index in [4.69, 9.17) is 0 Å². The fourth-order valence-electron chi connectivity index (χ4n) is 2.40. The first-order valence-corrected chi connectivity index (χ1v) is 9.30. The first-order chi connectivity index (χ1) is 10.8. The van der Waals surface area contributed by atoms with Crippen molar-refractivity contribution in [2.45, 2.75) is 17.9 Å². The highest BCUT2D eigenvalue weighted by Crippen LogP contribution is 2.22. The number of sulfone groups is 1. The fraction of sp³-hybridized carbons (Fsp3) is 0.353. The summed E-state index contributed by atoms with van der Waals surface area (Å²) in [6.45, 7) is 2.62. The molecule has 1 N–H and O–H groups in total. The molecule has 0 saturated carbocycles. The maximum Gasteiger partial charge on any atom is 0.179 e. The molecule has 0 aliphatic rings. The van der Waals surface area contributed by atoms with Gasteiger partial charge in [-0.3, -0.25) is 0 Å². The molecule has 6 heteroatoms. The van der Waals surface area contributed by atoms with E-state index in [0.29, 0.717) is 12.4 Å². The van der Waals surface area contributed by atoms with Gasteiger partial charge in [0.1, 0.15) is 10.7 Å². The molecule has 23 heavy (non-hydrogen) atoms. The number of aryl methyl sites for hydroxylation is 1. The first-order valence-electron chi connectivity index (χ1n) is 7.41. The highest BCUT2D eigenvalue weighted by Gasteiger charge is 2.17. The van der Waals surface area contributed by atoms with E-state index in [-0.39, 0.29) is 10.9 Å². The Hall–Kier alpha value is -1.92. The van der Waals surface area contributed by atoms with Crippen LogP contribution in [0.2, 0.25) is 0 Å². The average molecular weight is 333 g/mol. The molecule has 1 heterocycles. The van der Waals surface area contributed by atoms with Gasteiger partial charge >= 0.3 is 0 Å². The van der Waals surface area contributed by atoms with Crippen LogP contribution in [0.1, 0.15) is 17.2 Å². The summed E-state index contributed by atoms with van der Waals surface area (Å²) in [5.74, 6) is 0.397. The van der Waals surface area contributed by atoms with Crippen LogP contribution in [0.3, 0.4) is 0 Å². The van der Waals surface area contributed by atoms with Crippen LogP contribution in [0.4, 0.5) is 5.82 Å². The lowest BCUT2D eigenvalue weighted by Crippen LogP contribution is -2.27. The molecule has 2 rings (SSSR count). The maximum absolute atomic E-state index is 11.8. The van der Waals surface area contributed by atoms with E-state index < -0.39 is 9.84 Å². The van der Waals surface area contributed by atoms with Crippen molar-refractivity contribution in [3.63, 3.8) is 0 Å². The van der Waals surface area contributed by atoms with Gasteiger partial charge in [0.05, 0.1) is 6.04 Å². The Bertz CT molecular complexity index is 756. The zero-order valence-corrected chi connectivity index (χ0v) is 14.8. The van der Waals surface area contributed by atoms with Crippen molar-refractivity contribution >= 4 is 15.7 Å². The molecule has 1 unspecified atom stereocenters. The fourth-order valence-corrected chi connectivity index (χ4v) is 3.20. The van der Waals surface area contributed by atoms with E-state index in [0.717, 1.165) is 0 Å². The predicted molar refractivity (Wildman–Crippen MR) is 93.4 cm³/mol. The lowest BCUT2D eigenvalue weighted by atomic mass is 10.0. The highest BCUT2D eigenvalue weighted by molar-refractivity contribution is 7.90. The molecule has 124 valence electrons. The van der Waals surface area contributed by atoms with Crippen molar-refractivity contribution in [2.24, 2.45) is 0 Å². The van der Waals surface area contributed by atoms with Crippen LogP contribution in [-0.4, -0.2) is 45.2 Å². The van der Waals surface area contributed by atoms with Gasteiger partial charge < -0.3 is 10.2 Å². The molecule has 1 atom stereocenters. The minimum Gasteiger partial charge on any atom is -0.367 e. The molecule has 1 aromatic heterocycles. The molecular formula is C17H23N3O2S. The molecule has 5 nitrogen and oxygen atoms in total. The minimum atomic E-state index is -3.31. The number of likely N-dealkylation sites (N-methyl/N-ethyl adjacent to an activating group) is 1. The number of hydrogen-bond donors (Lipinski definition) is 1. The third-order valence-corrected chi connectivity index (χ3v) is 4.85. The number of nitrogens with one attached hydrogen (secondary N) is 1. The van der Waals surface area contributed by atoms with Gasteiger partial charge in [-0.1, -0.05) is 29.8 Å². The second kappa shape index (κ2) is 7.10. The summed E-state index contributed by atoms with van der Waals surface area (Å²) in [5, 5.41) is 3.18. The van der Waals surface area contributed by atoms with E-state index in [9.17, 15) is 8.42 Å². The number of nitrogens with zero attached hydrogens (tertiary/aromatic N) is 2. The van der Waals surface area contributed by atoms with E-state index in [1.807, 2.05) is 14.1 Å². The molecule has 0 amide bonds. The summed E-state index contributed by atoms with van der Waals surface area (Å²) >= 11 is 0. The van der Waals surface area contributed by atoms with Crippen LogP contribution < -0.4 is 5.32 Å². The number of anilines is 1. The zero-order chi connectivity index (χ0) is 17.0. The molecule has 0 saturated heterocycles. The van der Waals surface area contributed by atoms with Gasteiger partial charge in [-0.2, -0.15) is 0 Å². The Kier molecular flexibility index (Phi) is 5.38. The zero-order valence-electron chi connectivity index (χ0n) is 13.9. The Morgan fingerprint density at radius 3 is 2.39 bits per heavy atom. The maximum atomic E-state index is 11.8. The van der Waals surface area contributed by atoms with Gasteiger partial charge in [-0.05, 0) is 38.7 Å². The van der Waals surface area contributed by atoms with Gasteiger partial charge in [0.25, 0.3) is 0 Å². The second-order valence-electron chi connectivity index (χ2n) is 5.89. The summed E-state index contributed by atoms with van der Waals surface area (Å²) in [7, 11) is 0.694. The van der Waals surface area contributed by atoms with E-state index in [1.54, 1.807) is 18.3 Å². The molecule has 2 aromatic rings. The molecule has 0 aliphatic heterocycles. The van der Waals surface area contributed by atoms with Crippen molar-refractivity contribution in [2.75, 3.05) is 32.2 Å². The molecule has 0 bridgehead atoms. The third-order valence-electron chi connectivity index (χ3n) is 3.72. The lowest BCUT2D eigenvalue weighted by Gasteiger charge is -2.25.